The smallest absolute Gasteiger partial charge is 0.240 e. The number of hydrogen-bond acceptors (Lipinski definition) is 3. The van der Waals surface area contributed by atoms with Crippen LogP contribution in [0.5, 0.6) is 5.75 Å². The Kier molecular flexibility index (Phi) is 2.26. The maximum absolute atomic E-state index is 11.0. The van der Waals surface area contributed by atoms with Crippen molar-refractivity contribution in [1.29, 1.82) is 0 Å². The normalized spacial score (nSPS) is 15.5. The minimum atomic E-state index is 0.0628. The first-order valence-corrected chi connectivity index (χ1v) is 4.50. The number of carbonyl (C=O) groups is 1. The van der Waals surface area contributed by atoms with E-state index in [4.69, 9.17) is 4.74 Å². The van der Waals surface area contributed by atoms with Crippen molar-refractivity contribution in [1.82, 2.24) is 5.43 Å². The average molecular weight is 192 g/mol. The SMILES string of the molecule is COc1cccc(N2CCC(=O)N2)c1. The highest BCUT2D eigenvalue weighted by molar-refractivity contribution is 5.81. The second-order valence-corrected chi connectivity index (χ2v) is 3.14. The summed E-state index contributed by atoms with van der Waals surface area (Å²) in [5, 5.41) is 1.82. The summed E-state index contributed by atoms with van der Waals surface area (Å²) in [5.74, 6) is 0.858. The summed E-state index contributed by atoms with van der Waals surface area (Å²) in [7, 11) is 1.63. The molecule has 1 saturated heterocycles. The number of nitrogens with zero attached hydrogens (tertiary/aromatic N) is 1. The first kappa shape index (κ1) is 8.87. The van der Waals surface area contributed by atoms with Gasteiger partial charge in [0.1, 0.15) is 5.75 Å². The van der Waals surface area contributed by atoms with Crippen molar-refractivity contribution in [3.05, 3.63) is 24.3 Å². The van der Waals surface area contributed by atoms with Gasteiger partial charge in [-0.15, -0.1) is 0 Å². The van der Waals surface area contributed by atoms with E-state index in [1.54, 1.807) is 7.11 Å². The zero-order valence-electron chi connectivity index (χ0n) is 7.99. The second-order valence-electron chi connectivity index (χ2n) is 3.14. The topological polar surface area (TPSA) is 41.6 Å². The number of anilines is 1. The number of carbonyl (C=O) groups excluding carboxylic acids is 1. The molecule has 74 valence electrons. The number of methoxy groups -OCH3 is 1. The summed E-state index contributed by atoms with van der Waals surface area (Å²) in [6, 6.07) is 7.61. The van der Waals surface area contributed by atoms with Crippen LogP contribution in [0.2, 0.25) is 0 Å². The van der Waals surface area contributed by atoms with Gasteiger partial charge in [-0.1, -0.05) is 6.07 Å². The fourth-order valence-electron chi connectivity index (χ4n) is 1.45. The highest BCUT2D eigenvalue weighted by Crippen LogP contribution is 2.21. The molecular formula is C10H12N2O2. The van der Waals surface area contributed by atoms with E-state index in [0.29, 0.717) is 13.0 Å². The lowest BCUT2D eigenvalue weighted by Gasteiger charge is -2.17. The molecule has 0 saturated carbocycles. The third-order valence-electron chi connectivity index (χ3n) is 2.19. The van der Waals surface area contributed by atoms with Crippen molar-refractivity contribution < 1.29 is 9.53 Å². The Bertz CT molecular complexity index is 352. The van der Waals surface area contributed by atoms with E-state index >= 15 is 0 Å². The highest BCUT2D eigenvalue weighted by Gasteiger charge is 2.18. The molecule has 1 heterocycles. The molecule has 1 aliphatic heterocycles. The molecule has 1 aliphatic rings. The summed E-state index contributed by atoms with van der Waals surface area (Å²) in [6.07, 6.45) is 0.553. The van der Waals surface area contributed by atoms with Crippen molar-refractivity contribution in [2.24, 2.45) is 0 Å². The standard InChI is InChI=1S/C10H12N2O2/c1-14-9-4-2-3-8(7-9)12-6-5-10(13)11-12/h2-4,7H,5-6H2,1H3,(H,11,13). The highest BCUT2D eigenvalue weighted by atomic mass is 16.5. The lowest BCUT2D eigenvalue weighted by Crippen LogP contribution is -2.32. The molecule has 0 bridgehead atoms. The number of hydrazine groups is 1. The van der Waals surface area contributed by atoms with E-state index in [2.05, 4.69) is 5.43 Å². The third-order valence-corrected chi connectivity index (χ3v) is 2.19. The molecule has 0 aliphatic carbocycles. The number of nitrogens with one attached hydrogen (secondary N) is 1. The number of benzene rings is 1. The molecule has 4 nitrogen and oxygen atoms in total. The third kappa shape index (κ3) is 1.64. The van der Waals surface area contributed by atoms with Crippen LogP contribution in [0.3, 0.4) is 0 Å². The molecule has 2 rings (SSSR count). The molecule has 14 heavy (non-hydrogen) atoms. The van der Waals surface area contributed by atoms with Crippen molar-refractivity contribution in [3.63, 3.8) is 0 Å². The molecule has 1 aromatic rings. The molecule has 0 radical (unpaired) electrons. The fraction of sp³-hybridized carbons (Fsp3) is 0.300. The van der Waals surface area contributed by atoms with Gasteiger partial charge in [0.25, 0.3) is 0 Å². The average Bonchev–Trinajstić information content (AvgIpc) is 2.65. The largest absolute Gasteiger partial charge is 0.497 e. The Hall–Kier alpha value is -1.71. The molecular weight excluding hydrogens is 180 g/mol. The molecule has 0 spiro atoms. The van der Waals surface area contributed by atoms with Crippen molar-refractivity contribution in [2.75, 3.05) is 18.7 Å². The predicted octanol–water partition coefficient (Wildman–Crippen LogP) is 0.936. The van der Waals surface area contributed by atoms with E-state index in [-0.39, 0.29) is 5.91 Å². The summed E-state index contributed by atoms with van der Waals surface area (Å²) < 4.78 is 5.10. The minimum absolute atomic E-state index is 0.0628. The Labute approximate surface area is 82.4 Å². The van der Waals surface area contributed by atoms with E-state index in [0.717, 1.165) is 11.4 Å². The number of rotatable bonds is 2. The quantitative estimate of drug-likeness (QED) is 0.758. The maximum atomic E-state index is 11.0. The Morgan fingerprint density at radius 1 is 1.50 bits per heavy atom. The molecule has 0 aromatic heterocycles. The summed E-state index contributed by atoms with van der Waals surface area (Å²) in [6.45, 7) is 0.714. The minimum Gasteiger partial charge on any atom is -0.497 e. The molecule has 4 heteroatoms. The van der Waals surface area contributed by atoms with Crippen LogP contribution in [-0.2, 0) is 4.79 Å². The van der Waals surface area contributed by atoms with Gasteiger partial charge in [0, 0.05) is 19.0 Å². The van der Waals surface area contributed by atoms with Gasteiger partial charge in [-0.2, -0.15) is 0 Å². The zero-order chi connectivity index (χ0) is 9.97. The van der Waals surface area contributed by atoms with Crippen LogP contribution in [0.4, 0.5) is 5.69 Å². The predicted molar refractivity (Wildman–Crippen MR) is 53.1 cm³/mol. The molecule has 0 unspecified atom stereocenters. The second kappa shape index (κ2) is 3.57. The summed E-state index contributed by atoms with van der Waals surface area (Å²) in [5.41, 5.74) is 3.71. The lowest BCUT2D eigenvalue weighted by atomic mass is 10.3. The molecule has 1 amide bonds. The van der Waals surface area contributed by atoms with Crippen LogP contribution in [0.15, 0.2) is 24.3 Å². The fourth-order valence-corrected chi connectivity index (χ4v) is 1.45. The molecule has 1 aromatic carbocycles. The Balaban J connectivity index is 2.19. The Morgan fingerprint density at radius 3 is 3.00 bits per heavy atom. The van der Waals surface area contributed by atoms with Gasteiger partial charge in [-0.3, -0.25) is 15.2 Å². The van der Waals surface area contributed by atoms with Crippen molar-refractivity contribution in [2.45, 2.75) is 6.42 Å². The van der Waals surface area contributed by atoms with Crippen LogP contribution >= 0.6 is 0 Å². The van der Waals surface area contributed by atoms with Gasteiger partial charge in [-0.05, 0) is 12.1 Å². The number of hydrogen-bond donors (Lipinski definition) is 1. The molecule has 1 fully saturated rings. The summed E-state index contributed by atoms with van der Waals surface area (Å²) in [4.78, 5) is 11.0. The first-order valence-electron chi connectivity index (χ1n) is 4.50. The lowest BCUT2D eigenvalue weighted by molar-refractivity contribution is -0.119. The van der Waals surface area contributed by atoms with E-state index in [1.165, 1.54) is 0 Å². The van der Waals surface area contributed by atoms with Gasteiger partial charge in [0.2, 0.25) is 5.91 Å². The van der Waals surface area contributed by atoms with Gasteiger partial charge in [0.05, 0.1) is 12.8 Å². The van der Waals surface area contributed by atoms with Crippen LogP contribution in [0.25, 0.3) is 0 Å². The van der Waals surface area contributed by atoms with Crippen molar-refractivity contribution >= 4 is 11.6 Å². The summed E-state index contributed by atoms with van der Waals surface area (Å²) >= 11 is 0. The van der Waals surface area contributed by atoms with Crippen LogP contribution in [0.1, 0.15) is 6.42 Å². The van der Waals surface area contributed by atoms with Gasteiger partial charge in [-0.25, -0.2) is 0 Å². The first-order chi connectivity index (χ1) is 6.79. The maximum Gasteiger partial charge on any atom is 0.240 e. The van der Waals surface area contributed by atoms with Crippen LogP contribution in [0, 0.1) is 0 Å². The van der Waals surface area contributed by atoms with Crippen LogP contribution in [-0.4, -0.2) is 19.6 Å². The van der Waals surface area contributed by atoms with E-state index in [9.17, 15) is 4.79 Å². The molecule has 1 N–H and O–H groups in total. The van der Waals surface area contributed by atoms with Crippen LogP contribution < -0.4 is 15.2 Å². The van der Waals surface area contributed by atoms with Gasteiger partial charge < -0.3 is 4.74 Å². The van der Waals surface area contributed by atoms with E-state index < -0.39 is 0 Å². The number of amides is 1. The zero-order valence-corrected chi connectivity index (χ0v) is 7.99. The number of ether oxygens (including phenoxy) is 1. The monoisotopic (exact) mass is 192 g/mol. The van der Waals surface area contributed by atoms with Gasteiger partial charge in [0.15, 0.2) is 0 Å². The van der Waals surface area contributed by atoms with E-state index in [1.807, 2.05) is 29.3 Å². The molecule has 0 atom stereocenters. The van der Waals surface area contributed by atoms with Gasteiger partial charge >= 0.3 is 0 Å². The van der Waals surface area contributed by atoms with Crippen molar-refractivity contribution in [3.8, 4) is 5.75 Å². The Morgan fingerprint density at radius 2 is 2.36 bits per heavy atom.